The molecule has 154 valence electrons. The lowest BCUT2D eigenvalue weighted by molar-refractivity contribution is -0.403. The molecule has 0 bridgehead atoms. The van der Waals surface area contributed by atoms with Crippen LogP contribution < -0.4 is 14.2 Å². The molecule has 0 fully saturated rings. The molecule has 0 spiro atoms. The molecular formula is C21H24N2O5S. The third-order valence-electron chi connectivity index (χ3n) is 4.84. The van der Waals surface area contributed by atoms with E-state index in [0.29, 0.717) is 36.1 Å². The minimum Gasteiger partial charge on any atom is -0.493 e. The van der Waals surface area contributed by atoms with Crippen LogP contribution in [-0.4, -0.2) is 42.9 Å². The van der Waals surface area contributed by atoms with Crippen molar-refractivity contribution >= 4 is 11.8 Å². The molecule has 0 aromatic heterocycles. The molecule has 8 heteroatoms. The number of para-hydroxylation sites is 1. The Balaban J connectivity index is 1.93. The number of rotatable bonds is 8. The summed E-state index contributed by atoms with van der Waals surface area (Å²) in [5.74, 6) is 2.09. The van der Waals surface area contributed by atoms with E-state index in [4.69, 9.17) is 14.2 Å². The first kappa shape index (κ1) is 20.9. The van der Waals surface area contributed by atoms with Crippen LogP contribution in [0.15, 0.2) is 53.7 Å². The van der Waals surface area contributed by atoms with Crippen LogP contribution in [0.2, 0.25) is 0 Å². The maximum atomic E-state index is 11.1. The van der Waals surface area contributed by atoms with Gasteiger partial charge in [-0.1, -0.05) is 18.2 Å². The highest BCUT2D eigenvalue weighted by molar-refractivity contribution is 8.02. The SMILES string of the molecule is COc1cc2c(cc1OC)CN(/C(=C\[N+](=O)[O-])SC)C(COc1ccccc1)C2. The minimum absolute atomic E-state index is 0.0561. The van der Waals surface area contributed by atoms with Gasteiger partial charge in [-0.15, -0.1) is 11.8 Å². The van der Waals surface area contributed by atoms with Gasteiger partial charge in [0, 0.05) is 6.54 Å². The molecule has 7 nitrogen and oxygen atoms in total. The van der Waals surface area contributed by atoms with E-state index in [2.05, 4.69) is 0 Å². The van der Waals surface area contributed by atoms with Gasteiger partial charge in [0.15, 0.2) is 11.5 Å². The molecule has 3 rings (SSSR count). The van der Waals surface area contributed by atoms with Crippen molar-refractivity contribution in [3.63, 3.8) is 0 Å². The van der Waals surface area contributed by atoms with E-state index in [0.717, 1.165) is 23.1 Å². The van der Waals surface area contributed by atoms with Gasteiger partial charge in [-0.05, 0) is 48.1 Å². The summed E-state index contributed by atoms with van der Waals surface area (Å²) in [5.41, 5.74) is 2.18. The summed E-state index contributed by atoms with van der Waals surface area (Å²) in [4.78, 5) is 12.8. The van der Waals surface area contributed by atoms with Crippen LogP contribution >= 0.6 is 11.8 Å². The summed E-state index contributed by atoms with van der Waals surface area (Å²) in [6, 6.07) is 13.4. The lowest BCUT2D eigenvalue weighted by Crippen LogP contribution is -2.43. The van der Waals surface area contributed by atoms with Crippen LogP contribution in [0, 0.1) is 10.1 Å². The molecular weight excluding hydrogens is 392 g/mol. The second-order valence-corrected chi connectivity index (χ2v) is 7.37. The standard InChI is InChI=1S/C21H24N2O5S/c1-26-19-10-15-9-17(14-28-18-7-5-4-6-8-18)22(21(29-3)13-23(24)25)12-16(15)11-20(19)27-2/h4-8,10-11,13,17H,9,12,14H2,1-3H3/b21-13+. The number of thioether (sulfide) groups is 1. The fourth-order valence-corrected chi connectivity index (χ4v) is 4.07. The molecule has 2 aromatic carbocycles. The van der Waals surface area contributed by atoms with Crippen LogP contribution in [0.5, 0.6) is 17.2 Å². The van der Waals surface area contributed by atoms with Crippen molar-refractivity contribution in [1.82, 2.24) is 4.90 Å². The summed E-state index contributed by atoms with van der Waals surface area (Å²) in [5, 5.41) is 11.7. The Morgan fingerprint density at radius 1 is 1.21 bits per heavy atom. The molecule has 1 heterocycles. The van der Waals surface area contributed by atoms with E-state index in [-0.39, 0.29) is 6.04 Å². The fourth-order valence-electron chi connectivity index (χ4n) is 3.43. The lowest BCUT2D eigenvalue weighted by Gasteiger charge is -2.38. The van der Waals surface area contributed by atoms with E-state index >= 15 is 0 Å². The van der Waals surface area contributed by atoms with Gasteiger partial charge in [-0.3, -0.25) is 10.1 Å². The lowest BCUT2D eigenvalue weighted by atomic mass is 9.94. The molecule has 29 heavy (non-hydrogen) atoms. The summed E-state index contributed by atoms with van der Waals surface area (Å²) < 4.78 is 16.9. The second kappa shape index (κ2) is 9.56. The van der Waals surface area contributed by atoms with Gasteiger partial charge in [0.1, 0.15) is 17.4 Å². The maximum absolute atomic E-state index is 11.1. The molecule has 1 aliphatic rings. The first-order valence-electron chi connectivity index (χ1n) is 9.13. The Hall–Kier alpha value is -2.87. The fraction of sp³-hybridized carbons (Fsp3) is 0.333. The minimum atomic E-state index is -0.412. The Morgan fingerprint density at radius 3 is 2.45 bits per heavy atom. The van der Waals surface area contributed by atoms with Crippen molar-refractivity contribution in [1.29, 1.82) is 0 Å². The number of hydrogen-bond acceptors (Lipinski definition) is 7. The highest BCUT2D eigenvalue weighted by atomic mass is 32.2. The largest absolute Gasteiger partial charge is 0.493 e. The Morgan fingerprint density at radius 2 is 1.86 bits per heavy atom. The molecule has 0 radical (unpaired) electrons. The monoisotopic (exact) mass is 416 g/mol. The Labute approximate surface area is 174 Å². The molecule has 0 saturated carbocycles. The van der Waals surface area contributed by atoms with Crippen LogP contribution in [0.3, 0.4) is 0 Å². The zero-order valence-electron chi connectivity index (χ0n) is 16.7. The van der Waals surface area contributed by atoms with Crippen LogP contribution in [0.25, 0.3) is 0 Å². The molecule has 1 atom stereocenters. The Bertz CT molecular complexity index is 888. The second-order valence-electron chi connectivity index (χ2n) is 6.54. The van der Waals surface area contributed by atoms with Crippen molar-refractivity contribution in [2.45, 2.75) is 19.0 Å². The van der Waals surface area contributed by atoms with Gasteiger partial charge >= 0.3 is 0 Å². The predicted molar refractivity (Wildman–Crippen MR) is 113 cm³/mol. The number of benzene rings is 2. The average Bonchev–Trinajstić information content (AvgIpc) is 2.75. The molecule has 0 aliphatic carbocycles. The first-order valence-corrected chi connectivity index (χ1v) is 10.4. The van der Waals surface area contributed by atoms with Gasteiger partial charge in [-0.25, -0.2) is 0 Å². The number of ether oxygens (including phenoxy) is 3. The summed E-state index contributed by atoms with van der Waals surface area (Å²) in [7, 11) is 3.21. The van der Waals surface area contributed by atoms with Crippen LogP contribution in [-0.2, 0) is 13.0 Å². The van der Waals surface area contributed by atoms with Crippen molar-refractivity contribution in [2.75, 3.05) is 27.1 Å². The average molecular weight is 416 g/mol. The molecule has 1 aliphatic heterocycles. The number of methoxy groups -OCH3 is 2. The van der Waals surface area contributed by atoms with E-state index < -0.39 is 4.92 Å². The molecule has 0 N–H and O–H groups in total. The number of nitrogens with zero attached hydrogens (tertiary/aromatic N) is 2. The third kappa shape index (κ3) is 4.95. The maximum Gasteiger partial charge on any atom is 0.264 e. The normalized spacial score (nSPS) is 16.2. The van der Waals surface area contributed by atoms with Gasteiger partial charge in [0.25, 0.3) is 6.20 Å². The van der Waals surface area contributed by atoms with E-state index in [9.17, 15) is 10.1 Å². The quantitative estimate of drug-likeness (QED) is 0.476. The molecule has 0 saturated heterocycles. The van der Waals surface area contributed by atoms with Crippen LogP contribution in [0.4, 0.5) is 0 Å². The molecule has 2 aromatic rings. The topological polar surface area (TPSA) is 74.1 Å². The third-order valence-corrected chi connectivity index (χ3v) is 5.59. The van der Waals surface area contributed by atoms with Crippen molar-refractivity contribution in [3.8, 4) is 17.2 Å². The zero-order valence-corrected chi connectivity index (χ0v) is 17.5. The van der Waals surface area contributed by atoms with E-state index in [1.165, 1.54) is 11.8 Å². The zero-order chi connectivity index (χ0) is 20.8. The van der Waals surface area contributed by atoms with Crippen molar-refractivity contribution in [3.05, 3.63) is 74.9 Å². The number of hydrogen-bond donors (Lipinski definition) is 0. The van der Waals surface area contributed by atoms with Crippen molar-refractivity contribution in [2.24, 2.45) is 0 Å². The highest BCUT2D eigenvalue weighted by Crippen LogP contribution is 2.37. The number of nitro groups is 1. The Kier molecular flexibility index (Phi) is 6.87. The van der Waals surface area contributed by atoms with Crippen molar-refractivity contribution < 1.29 is 19.1 Å². The summed E-state index contributed by atoms with van der Waals surface area (Å²) in [6.07, 6.45) is 3.58. The van der Waals surface area contributed by atoms with E-state index in [1.54, 1.807) is 14.2 Å². The number of fused-ring (bicyclic) bond motifs is 1. The summed E-state index contributed by atoms with van der Waals surface area (Å²) >= 11 is 1.36. The van der Waals surface area contributed by atoms with Gasteiger partial charge in [0.05, 0.1) is 25.2 Å². The molecule has 0 amide bonds. The van der Waals surface area contributed by atoms with Crippen LogP contribution in [0.1, 0.15) is 11.1 Å². The highest BCUT2D eigenvalue weighted by Gasteiger charge is 2.31. The smallest absolute Gasteiger partial charge is 0.264 e. The van der Waals surface area contributed by atoms with Gasteiger partial charge in [0.2, 0.25) is 0 Å². The first-order chi connectivity index (χ1) is 14.0. The summed E-state index contributed by atoms with van der Waals surface area (Å²) in [6.45, 7) is 0.937. The van der Waals surface area contributed by atoms with E-state index in [1.807, 2.05) is 53.6 Å². The predicted octanol–water partition coefficient (Wildman–Crippen LogP) is 3.95. The molecule has 1 unspecified atom stereocenters. The van der Waals surface area contributed by atoms with Gasteiger partial charge < -0.3 is 19.1 Å². The van der Waals surface area contributed by atoms with Gasteiger partial charge in [-0.2, -0.15) is 0 Å².